The van der Waals surface area contributed by atoms with Crippen molar-refractivity contribution in [1.82, 2.24) is 9.97 Å². The van der Waals surface area contributed by atoms with Crippen LogP contribution in [-0.4, -0.2) is 23.6 Å². The Kier molecular flexibility index (Phi) is 5.72. The van der Waals surface area contributed by atoms with Gasteiger partial charge in [-0.3, -0.25) is 0 Å². The van der Waals surface area contributed by atoms with E-state index in [1.165, 1.54) is 13.4 Å². The van der Waals surface area contributed by atoms with Crippen molar-refractivity contribution >= 4 is 16.7 Å². The molecule has 0 saturated carbocycles. The highest BCUT2D eigenvalue weighted by Gasteiger charge is 2.08. The smallest absolute Gasteiger partial charge is 0.160 e. The fourth-order valence-corrected chi connectivity index (χ4v) is 2.53. The first-order chi connectivity index (χ1) is 12.7. The molecule has 0 unspecified atom stereocenters. The Morgan fingerprint density at radius 1 is 1.12 bits per heavy atom. The maximum absolute atomic E-state index is 13.4. The summed E-state index contributed by atoms with van der Waals surface area (Å²) in [6.07, 6.45) is 2.03. The molecular weight excluding hydrogens is 336 g/mol. The lowest BCUT2D eigenvalue weighted by Gasteiger charge is -2.06. The summed E-state index contributed by atoms with van der Waals surface area (Å²) in [4.78, 5) is 8.46. The zero-order valence-corrected chi connectivity index (χ0v) is 14.2. The molecule has 0 fully saturated rings. The Labute approximate surface area is 150 Å². The van der Waals surface area contributed by atoms with Gasteiger partial charge in [0.05, 0.1) is 12.1 Å². The van der Waals surface area contributed by atoms with Crippen LogP contribution in [0.1, 0.15) is 17.5 Å². The number of aromatic nitrogens is 2. The van der Waals surface area contributed by atoms with Crippen molar-refractivity contribution in [2.24, 2.45) is 0 Å². The summed E-state index contributed by atoms with van der Waals surface area (Å²) < 4.78 is 31.8. The fourth-order valence-electron chi connectivity index (χ4n) is 2.53. The van der Waals surface area contributed by atoms with Crippen LogP contribution >= 0.6 is 0 Å². The third-order valence-electron chi connectivity index (χ3n) is 3.75. The molecule has 26 heavy (non-hydrogen) atoms. The van der Waals surface area contributed by atoms with Crippen LogP contribution in [0.25, 0.3) is 10.9 Å². The third kappa shape index (κ3) is 4.13. The first kappa shape index (κ1) is 17.8. The summed E-state index contributed by atoms with van der Waals surface area (Å²) in [5.41, 5.74) is 1.81. The van der Waals surface area contributed by atoms with Crippen LogP contribution in [-0.2, 0) is 11.3 Å². The molecule has 1 heterocycles. The molecule has 4 nitrogen and oxygen atoms in total. The fraction of sp³-hybridized carbons (Fsp3) is 0.200. The van der Waals surface area contributed by atoms with Crippen molar-refractivity contribution < 1.29 is 13.5 Å². The number of rotatable bonds is 5. The number of fused-ring (bicyclic) bond motifs is 1. The van der Waals surface area contributed by atoms with Gasteiger partial charge in [-0.05, 0) is 29.8 Å². The summed E-state index contributed by atoms with van der Waals surface area (Å²) in [5.74, 6) is 4.77. The minimum absolute atomic E-state index is 0.173. The van der Waals surface area contributed by atoms with Crippen LogP contribution in [0.15, 0.2) is 42.7 Å². The molecule has 0 spiro atoms. The quantitative estimate of drug-likeness (QED) is 0.558. The van der Waals surface area contributed by atoms with Crippen molar-refractivity contribution in [1.29, 1.82) is 0 Å². The lowest BCUT2D eigenvalue weighted by atomic mass is 10.1. The second kappa shape index (κ2) is 8.37. The molecule has 0 amide bonds. The number of para-hydroxylation sites is 1. The van der Waals surface area contributed by atoms with Crippen molar-refractivity contribution in [3.05, 3.63) is 65.5 Å². The number of halogens is 2. The lowest BCUT2D eigenvalue weighted by Crippen LogP contribution is -2.03. The van der Waals surface area contributed by atoms with E-state index in [-0.39, 0.29) is 6.61 Å². The molecule has 3 aromatic rings. The lowest BCUT2D eigenvalue weighted by molar-refractivity contribution is 0.184. The highest BCUT2D eigenvalue weighted by Crippen LogP contribution is 2.18. The predicted octanol–water partition coefficient (Wildman–Crippen LogP) is 3.91. The molecule has 1 aromatic heterocycles. The molecule has 0 aliphatic rings. The molecule has 2 aromatic carbocycles. The summed E-state index contributed by atoms with van der Waals surface area (Å²) in [5, 5.41) is 4.16. The molecule has 3 rings (SSSR count). The van der Waals surface area contributed by atoms with Crippen molar-refractivity contribution in [2.45, 2.75) is 13.0 Å². The molecule has 0 saturated heterocycles. The van der Waals surface area contributed by atoms with Gasteiger partial charge in [-0.1, -0.05) is 24.0 Å². The van der Waals surface area contributed by atoms with E-state index in [1.54, 1.807) is 0 Å². The van der Waals surface area contributed by atoms with Gasteiger partial charge in [0.1, 0.15) is 12.1 Å². The Morgan fingerprint density at radius 3 is 2.77 bits per heavy atom. The minimum atomic E-state index is -0.917. The summed E-state index contributed by atoms with van der Waals surface area (Å²) in [6, 6.07) is 9.93. The zero-order valence-electron chi connectivity index (χ0n) is 14.2. The number of benzene rings is 2. The van der Waals surface area contributed by atoms with Crippen LogP contribution in [0.4, 0.5) is 14.6 Å². The first-order valence-corrected chi connectivity index (χ1v) is 8.08. The molecule has 0 atom stereocenters. The largest absolute Gasteiger partial charge is 0.380 e. The molecule has 6 heteroatoms. The minimum Gasteiger partial charge on any atom is -0.380 e. The molecule has 0 bridgehead atoms. The second-order valence-corrected chi connectivity index (χ2v) is 5.57. The van der Waals surface area contributed by atoms with Crippen LogP contribution in [0, 0.1) is 23.5 Å². The molecule has 0 aliphatic carbocycles. The van der Waals surface area contributed by atoms with E-state index in [4.69, 9.17) is 4.74 Å². The second-order valence-electron chi connectivity index (χ2n) is 5.57. The summed E-state index contributed by atoms with van der Waals surface area (Å²) >= 11 is 0. The highest BCUT2D eigenvalue weighted by molar-refractivity contribution is 5.88. The normalized spacial score (nSPS) is 10.4. The Morgan fingerprint density at radius 2 is 1.92 bits per heavy atom. The number of anilines is 1. The SMILES string of the molecule is COCc1cc(F)c(F)cc1C#CCCNc1ncnc2ccccc12. The van der Waals surface area contributed by atoms with Gasteiger partial charge in [0.2, 0.25) is 0 Å². The molecule has 0 aliphatic heterocycles. The monoisotopic (exact) mass is 353 g/mol. The van der Waals surface area contributed by atoms with Gasteiger partial charge in [-0.25, -0.2) is 18.7 Å². The van der Waals surface area contributed by atoms with Crippen molar-refractivity contribution in [3.8, 4) is 11.8 Å². The molecule has 1 N–H and O–H groups in total. The predicted molar refractivity (Wildman–Crippen MR) is 96.6 cm³/mol. The maximum atomic E-state index is 13.4. The van der Waals surface area contributed by atoms with Gasteiger partial charge in [-0.15, -0.1) is 0 Å². The van der Waals surface area contributed by atoms with Gasteiger partial charge in [-0.2, -0.15) is 0 Å². The molecule has 132 valence electrons. The third-order valence-corrected chi connectivity index (χ3v) is 3.75. The Balaban J connectivity index is 1.67. The van der Waals surface area contributed by atoms with Gasteiger partial charge in [0.15, 0.2) is 11.6 Å². The summed E-state index contributed by atoms with van der Waals surface area (Å²) in [6.45, 7) is 0.740. The van der Waals surface area contributed by atoms with E-state index in [2.05, 4.69) is 27.1 Å². The molecule has 0 radical (unpaired) electrons. The topological polar surface area (TPSA) is 47.0 Å². The van der Waals surface area contributed by atoms with E-state index in [9.17, 15) is 8.78 Å². The molecular formula is C20H17F2N3O. The van der Waals surface area contributed by atoms with Crippen LogP contribution in [0.2, 0.25) is 0 Å². The average molecular weight is 353 g/mol. The number of ether oxygens (including phenoxy) is 1. The summed E-state index contributed by atoms with van der Waals surface area (Å²) in [7, 11) is 1.49. The van der Waals surface area contributed by atoms with Gasteiger partial charge < -0.3 is 10.1 Å². The van der Waals surface area contributed by atoms with E-state index >= 15 is 0 Å². The number of hydrogen-bond acceptors (Lipinski definition) is 4. The van der Waals surface area contributed by atoms with Crippen LogP contribution in [0.3, 0.4) is 0 Å². The van der Waals surface area contributed by atoms with E-state index in [0.29, 0.717) is 24.1 Å². The number of hydrogen-bond donors (Lipinski definition) is 1. The Bertz CT molecular complexity index is 974. The van der Waals surface area contributed by atoms with E-state index in [0.717, 1.165) is 28.9 Å². The van der Waals surface area contributed by atoms with E-state index < -0.39 is 11.6 Å². The van der Waals surface area contributed by atoms with Crippen molar-refractivity contribution in [2.75, 3.05) is 19.0 Å². The van der Waals surface area contributed by atoms with Gasteiger partial charge >= 0.3 is 0 Å². The number of nitrogens with one attached hydrogen (secondary N) is 1. The van der Waals surface area contributed by atoms with Gasteiger partial charge in [0, 0.05) is 31.0 Å². The van der Waals surface area contributed by atoms with Gasteiger partial charge in [0.25, 0.3) is 0 Å². The number of methoxy groups -OCH3 is 1. The standard InChI is InChI=1S/C20H17F2N3O/c1-26-12-15-11-18(22)17(21)10-14(15)6-4-5-9-23-20-16-7-2-3-8-19(16)24-13-25-20/h2-3,7-8,10-11,13H,5,9,12H2,1H3,(H,23,24,25). The zero-order chi connectivity index (χ0) is 18.4. The average Bonchev–Trinajstić information content (AvgIpc) is 2.65. The van der Waals surface area contributed by atoms with Crippen LogP contribution < -0.4 is 5.32 Å². The highest BCUT2D eigenvalue weighted by atomic mass is 19.2. The van der Waals surface area contributed by atoms with Crippen molar-refractivity contribution in [3.63, 3.8) is 0 Å². The van der Waals surface area contributed by atoms with Crippen LogP contribution in [0.5, 0.6) is 0 Å². The first-order valence-electron chi connectivity index (χ1n) is 8.08. The maximum Gasteiger partial charge on any atom is 0.160 e. The van der Waals surface area contributed by atoms with E-state index in [1.807, 2.05) is 24.3 Å². The number of nitrogens with zero attached hydrogens (tertiary/aromatic N) is 2. The Hall–Kier alpha value is -3.04.